The summed E-state index contributed by atoms with van der Waals surface area (Å²) in [6.45, 7) is 0. The van der Waals surface area contributed by atoms with Gasteiger partial charge in [-0.2, -0.15) is 5.11 Å². The Balaban J connectivity index is 1.66. The molecule has 10 heteroatoms. The van der Waals surface area contributed by atoms with E-state index in [0.29, 0.717) is 28.2 Å². The molecule has 0 saturated carbocycles. The number of azo groups is 1. The van der Waals surface area contributed by atoms with Crippen molar-refractivity contribution in [3.63, 3.8) is 0 Å². The number of hydrogen-bond acceptors (Lipinski definition) is 7. The van der Waals surface area contributed by atoms with Crippen molar-refractivity contribution in [3.8, 4) is 11.3 Å². The van der Waals surface area contributed by atoms with Crippen molar-refractivity contribution < 1.29 is 8.81 Å². The number of anilines is 1. The molecule has 3 aromatic heterocycles. The van der Waals surface area contributed by atoms with Gasteiger partial charge in [0.05, 0.1) is 16.9 Å². The van der Waals surface area contributed by atoms with Gasteiger partial charge < -0.3 is 10.2 Å². The fourth-order valence-corrected chi connectivity index (χ4v) is 3.52. The zero-order chi connectivity index (χ0) is 21.5. The van der Waals surface area contributed by atoms with Crippen LogP contribution in [0, 0.1) is 5.82 Å². The van der Waals surface area contributed by atoms with Crippen molar-refractivity contribution in [2.75, 3.05) is 5.73 Å². The highest BCUT2D eigenvalue weighted by Crippen LogP contribution is 2.31. The molecule has 0 amide bonds. The lowest BCUT2D eigenvalue weighted by molar-refractivity contribution is 0.562. The zero-order valence-corrected chi connectivity index (χ0v) is 17.2. The van der Waals surface area contributed by atoms with Crippen molar-refractivity contribution in [2.24, 2.45) is 10.2 Å². The van der Waals surface area contributed by atoms with Gasteiger partial charge in [0.15, 0.2) is 17.2 Å². The summed E-state index contributed by atoms with van der Waals surface area (Å²) in [5.41, 5.74) is 7.72. The molecule has 0 aliphatic rings. The van der Waals surface area contributed by atoms with Gasteiger partial charge in [-0.05, 0) is 54.6 Å². The minimum absolute atomic E-state index is 0.0822. The summed E-state index contributed by atoms with van der Waals surface area (Å²) in [4.78, 5) is 16.9. The molecule has 0 spiro atoms. The summed E-state index contributed by atoms with van der Waals surface area (Å²) >= 11 is 3.42. The van der Waals surface area contributed by atoms with Gasteiger partial charge in [0, 0.05) is 16.1 Å². The summed E-state index contributed by atoms with van der Waals surface area (Å²) in [6.07, 6.45) is 1.52. The van der Waals surface area contributed by atoms with E-state index in [1.807, 2.05) is 6.07 Å². The first-order valence-electron chi connectivity index (χ1n) is 9.04. The predicted octanol–water partition coefficient (Wildman–Crippen LogP) is 5.40. The topological polar surface area (TPSA) is 111 Å². The van der Waals surface area contributed by atoms with Crippen molar-refractivity contribution >= 4 is 49.7 Å². The number of halogens is 2. The molecular weight excluding hydrogens is 467 g/mol. The Morgan fingerprint density at radius 1 is 1.06 bits per heavy atom. The Kier molecular flexibility index (Phi) is 4.55. The number of nitrogens with two attached hydrogens (primary N) is 1. The number of hydrogen-bond donors (Lipinski definition) is 1. The smallest absolute Gasteiger partial charge is 0.345 e. The van der Waals surface area contributed by atoms with E-state index in [9.17, 15) is 9.18 Å². The van der Waals surface area contributed by atoms with E-state index >= 15 is 0 Å². The van der Waals surface area contributed by atoms with Crippen LogP contribution in [0.1, 0.15) is 0 Å². The van der Waals surface area contributed by atoms with Crippen LogP contribution in [0.2, 0.25) is 0 Å². The number of nitrogens with zero attached hydrogens (tertiary/aromatic N) is 5. The van der Waals surface area contributed by atoms with Crippen LogP contribution >= 0.6 is 15.9 Å². The van der Waals surface area contributed by atoms with Crippen molar-refractivity contribution in [1.29, 1.82) is 0 Å². The molecule has 0 aliphatic heterocycles. The van der Waals surface area contributed by atoms with Crippen LogP contribution in [-0.4, -0.2) is 14.6 Å². The molecule has 5 rings (SSSR count). The molecule has 5 aromatic rings. The number of aromatic nitrogens is 3. The van der Waals surface area contributed by atoms with Crippen molar-refractivity contribution in [3.05, 3.63) is 81.5 Å². The number of nitrogen functional groups attached to an aromatic ring is 1. The summed E-state index contributed by atoms with van der Waals surface area (Å²) < 4.78 is 20.8. The van der Waals surface area contributed by atoms with Gasteiger partial charge in [-0.1, -0.05) is 15.9 Å². The second-order valence-corrected chi connectivity index (χ2v) is 7.52. The first-order valence-corrected chi connectivity index (χ1v) is 9.83. The quantitative estimate of drug-likeness (QED) is 0.275. The van der Waals surface area contributed by atoms with Gasteiger partial charge in [-0.3, -0.25) is 0 Å². The van der Waals surface area contributed by atoms with E-state index in [0.717, 1.165) is 9.86 Å². The zero-order valence-electron chi connectivity index (χ0n) is 15.7. The molecule has 0 unspecified atom stereocenters. The molecule has 0 saturated heterocycles. The van der Waals surface area contributed by atoms with E-state index in [-0.39, 0.29) is 17.3 Å². The molecular formula is C21H12BrFN6O2. The van der Waals surface area contributed by atoms with Gasteiger partial charge in [0.1, 0.15) is 11.4 Å². The third-order valence-corrected chi connectivity index (χ3v) is 5.08. The SMILES string of the molecule is Nc1nn2c(-c3cc4cc(Br)ccc4oc3=O)ccnc2c1N=Nc1ccc(F)cc1. The molecule has 2 N–H and O–H groups in total. The second-order valence-electron chi connectivity index (χ2n) is 6.61. The first kappa shape index (κ1) is 19.1. The lowest BCUT2D eigenvalue weighted by Crippen LogP contribution is -2.07. The van der Waals surface area contributed by atoms with Crippen LogP contribution in [-0.2, 0) is 0 Å². The van der Waals surface area contributed by atoms with Crippen molar-refractivity contribution in [1.82, 2.24) is 14.6 Å². The highest BCUT2D eigenvalue weighted by Gasteiger charge is 2.17. The van der Waals surface area contributed by atoms with E-state index in [1.165, 1.54) is 35.0 Å². The molecule has 31 heavy (non-hydrogen) atoms. The summed E-state index contributed by atoms with van der Waals surface area (Å²) in [7, 11) is 0. The lowest BCUT2D eigenvalue weighted by atomic mass is 10.1. The number of rotatable bonds is 3. The summed E-state index contributed by atoms with van der Waals surface area (Å²) in [6, 6.07) is 14.2. The molecule has 152 valence electrons. The highest BCUT2D eigenvalue weighted by molar-refractivity contribution is 9.10. The molecule has 2 aromatic carbocycles. The van der Waals surface area contributed by atoms with Gasteiger partial charge in [0.25, 0.3) is 0 Å². The first-order chi connectivity index (χ1) is 15.0. The fraction of sp³-hybridized carbons (Fsp3) is 0. The monoisotopic (exact) mass is 478 g/mol. The minimum Gasteiger partial charge on any atom is -0.422 e. The van der Waals surface area contributed by atoms with Crippen LogP contribution in [0.15, 0.2) is 84.7 Å². The average molecular weight is 479 g/mol. The maximum absolute atomic E-state index is 13.1. The maximum atomic E-state index is 13.1. The van der Waals surface area contributed by atoms with E-state index in [2.05, 4.69) is 36.2 Å². The third-order valence-electron chi connectivity index (χ3n) is 4.58. The van der Waals surface area contributed by atoms with Crippen LogP contribution in [0.4, 0.5) is 21.6 Å². The molecule has 0 aliphatic carbocycles. The Labute approximate surface area is 182 Å². The Hall–Kier alpha value is -3.92. The molecule has 3 heterocycles. The van der Waals surface area contributed by atoms with E-state index in [1.54, 1.807) is 24.3 Å². The Bertz CT molecular complexity index is 1540. The molecule has 8 nitrogen and oxygen atoms in total. The molecule has 0 fully saturated rings. The van der Waals surface area contributed by atoms with Crippen LogP contribution in [0.25, 0.3) is 27.9 Å². The van der Waals surface area contributed by atoms with Gasteiger partial charge in [-0.25, -0.2) is 18.7 Å². The molecule has 0 bridgehead atoms. The largest absolute Gasteiger partial charge is 0.422 e. The predicted molar refractivity (Wildman–Crippen MR) is 117 cm³/mol. The van der Waals surface area contributed by atoms with E-state index in [4.69, 9.17) is 10.2 Å². The Morgan fingerprint density at radius 3 is 2.68 bits per heavy atom. The Morgan fingerprint density at radius 2 is 1.87 bits per heavy atom. The van der Waals surface area contributed by atoms with E-state index < -0.39 is 5.63 Å². The fourth-order valence-electron chi connectivity index (χ4n) is 3.14. The molecule has 0 atom stereocenters. The van der Waals surface area contributed by atoms with Crippen LogP contribution in [0.3, 0.4) is 0 Å². The molecule has 0 radical (unpaired) electrons. The standard InChI is InChI=1S/C21H12BrFN6O2/c22-12-1-6-17-11(9-12)10-15(21(30)31-17)16-7-8-25-20-18(19(24)28-29(16)20)27-26-14-4-2-13(23)3-5-14/h1-10H,(H2,24,28). The van der Waals surface area contributed by atoms with Crippen LogP contribution in [0.5, 0.6) is 0 Å². The number of benzene rings is 2. The highest BCUT2D eigenvalue weighted by atomic mass is 79.9. The minimum atomic E-state index is -0.522. The summed E-state index contributed by atoms with van der Waals surface area (Å²) in [5, 5.41) is 13.2. The second kappa shape index (κ2) is 7.40. The van der Waals surface area contributed by atoms with Crippen molar-refractivity contribution in [2.45, 2.75) is 0 Å². The van der Waals surface area contributed by atoms with Crippen LogP contribution < -0.4 is 11.4 Å². The van der Waals surface area contributed by atoms with Gasteiger partial charge >= 0.3 is 5.63 Å². The summed E-state index contributed by atoms with van der Waals surface area (Å²) in [5.74, 6) is -0.291. The third kappa shape index (κ3) is 3.46. The average Bonchev–Trinajstić information content (AvgIpc) is 3.08. The van der Waals surface area contributed by atoms with Gasteiger partial charge in [0.2, 0.25) is 0 Å². The lowest BCUT2D eigenvalue weighted by Gasteiger charge is -2.05. The number of fused-ring (bicyclic) bond motifs is 2. The maximum Gasteiger partial charge on any atom is 0.345 e. The van der Waals surface area contributed by atoms with Gasteiger partial charge in [-0.15, -0.1) is 10.2 Å². The normalized spacial score (nSPS) is 11.7.